The van der Waals surface area contributed by atoms with E-state index in [0.29, 0.717) is 0 Å². The smallest absolute Gasteiger partial charge is 0.269 e. The topological polar surface area (TPSA) is 75.3 Å². The zero-order chi connectivity index (χ0) is 9.56. The van der Waals surface area contributed by atoms with Crippen LogP contribution in [-0.2, 0) is 9.59 Å². The van der Waals surface area contributed by atoms with Crippen molar-refractivity contribution in [3.63, 3.8) is 0 Å². The fourth-order valence-electron chi connectivity index (χ4n) is 0.351. The molecule has 1 fully saturated rings. The van der Waals surface area contributed by atoms with E-state index in [1.54, 1.807) is 10.6 Å². The van der Waals surface area contributed by atoms with Crippen molar-refractivity contribution >= 4 is 17.8 Å². The molecule has 1 rings (SSSR count). The Morgan fingerprint density at radius 1 is 0.917 bits per heavy atom. The Hall–Kier alpha value is -1.39. The molecule has 12 heavy (non-hydrogen) atoms. The Bertz CT molecular complexity index is 181. The number of amides is 4. The van der Waals surface area contributed by atoms with Crippen LogP contribution in [0.2, 0.25) is 0 Å². The molecule has 0 saturated carbocycles. The average molecular weight is 172 g/mol. The van der Waals surface area contributed by atoms with Crippen LogP contribution in [0.1, 0.15) is 26.7 Å². The molecule has 1 aliphatic rings. The summed E-state index contributed by atoms with van der Waals surface area (Å²) in [4.78, 5) is 30.1. The van der Waals surface area contributed by atoms with Gasteiger partial charge in [0, 0.05) is 0 Å². The van der Waals surface area contributed by atoms with Crippen LogP contribution >= 0.6 is 0 Å². The summed E-state index contributed by atoms with van der Waals surface area (Å²) in [6.45, 7) is 4.36. The maximum absolute atomic E-state index is 10.0. The number of hydrogen-bond acceptors (Lipinski definition) is 3. The van der Waals surface area contributed by atoms with E-state index in [1.165, 1.54) is 12.8 Å². The Morgan fingerprint density at radius 2 is 1.25 bits per heavy atom. The second-order valence-electron chi connectivity index (χ2n) is 2.24. The van der Waals surface area contributed by atoms with Crippen molar-refractivity contribution in [2.45, 2.75) is 26.7 Å². The van der Waals surface area contributed by atoms with E-state index in [1.807, 2.05) is 0 Å². The largest absolute Gasteiger partial charge is 0.328 e. The number of hydrogen-bond donors (Lipinski definition) is 2. The fraction of sp³-hybridized carbons (Fsp3) is 0.571. The molecule has 0 aromatic heterocycles. The van der Waals surface area contributed by atoms with Crippen LogP contribution in [0, 0.1) is 0 Å². The summed E-state index contributed by atoms with van der Waals surface area (Å²) in [5, 5.41) is 3.46. The lowest BCUT2D eigenvalue weighted by Gasteiger charge is -1.76. The van der Waals surface area contributed by atoms with E-state index in [9.17, 15) is 14.4 Å². The van der Waals surface area contributed by atoms with Crippen LogP contribution in [-0.4, -0.2) is 17.8 Å². The second-order valence-corrected chi connectivity index (χ2v) is 2.24. The lowest BCUT2D eigenvalue weighted by Crippen LogP contribution is -2.22. The minimum absolute atomic E-state index is 0.750. The van der Waals surface area contributed by atoms with Gasteiger partial charge < -0.3 is 0 Å². The maximum Gasteiger partial charge on any atom is 0.328 e. The molecule has 0 aromatic carbocycles. The molecule has 1 aliphatic heterocycles. The molecule has 0 aliphatic carbocycles. The number of urea groups is 1. The van der Waals surface area contributed by atoms with Crippen LogP contribution in [0.5, 0.6) is 0 Å². The molecule has 0 unspecified atom stereocenters. The first-order valence-electron chi connectivity index (χ1n) is 3.78. The molecule has 68 valence electrons. The third-order valence-corrected chi connectivity index (χ3v) is 1.16. The highest BCUT2D eigenvalue weighted by Gasteiger charge is 2.25. The molecule has 5 nitrogen and oxygen atoms in total. The Labute approximate surface area is 70.5 Å². The minimum Gasteiger partial charge on any atom is -0.269 e. The van der Waals surface area contributed by atoms with E-state index in [0.717, 1.165) is 0 Å². The number of carbonyl (C=O) groups excluding carboxylic acids is 3. The second kappa shape index (κ2) is 5.29. The highest BCUT2D eigenvalue weighted by Crippen LogP contribution is 1.77. The van der Waals surface area contributed by atoms with E-state index >= 15 is 0 Å². The first-order valence-corrected chi connectivity index (χ1v) is 3.78. The zero-order valence-electron chi connectivity index (χ0n) is 7.14. The monoisotopic (exact) mass is 172 g/mol. The quantitative estimate of drug-likeness (QED) is 0.437. The Morgan fingerprint density at radius 3 is 1.33 bits per heavy atom. The average Bonchev–Trinajstić information content (AvgIpc) is 2.30. The molecule has 4 amide bonds. The van der Waals surface area contributed by atoms with E-state index < -0.39 is 17.8 Å². The predicted octanol–water partition coefficient (Wildman–Crippen LogP) is 0.159. The van der Waals surface area contributed by atoms with Gasteiger partial charge in [0.25, 0.3) is 0 Å². The SMILES string of the molecule is CCCC.O=C1NC(=O)C(=O)N1. The predicted molar refractivity (Wildman–Crippen MR) is 42.3 cm³/mol. The van der Waals surface area contributed by atoms with Crippen molar-refractivity contribution in [2.24, 2.45) is 0 Å². The summed E-state index contributed by atoms with van der Waals surface area (Å²) < 4.78 is 0. The van der Waals surface area contributed by atoms with Gasteiger partial charge >= 0.3 is 17.8 Å². The van der Waals surface area contributed by atoms with Crippen molar-refractivity contribution in [1.82, 2.24) is 10.6 Å². The van der Waals surface area contributed by atoms with Gasteiger partial charge in [-0.05, 0) is 0 Å². The summed E-state index contributed by atoms with van der Waals surface area (Å²) in [5.41, 5.74) is 0. The molecule has 0 spiro atoms. The lowest BCUT2D eigenvalue weighted by atomic mass is 10.4. The first kappa shape index (κ1) is 10.6. The van der Waals surface area contributed by atoms with Crippen molar-refractivity contribution in [3.8, 4) is 0 Å². The number of nitrogens with one attached hydrogen (secondary N) is 2. The molecule has 2 N–H and O–H groups in total. The van der Waals surface area contributed by atoms with Gasteiger partial charge in [0.05, 0.1) is 0 Å². The molecule has 1 saturated heterocycles. The molecule has 0 bridgehead atoms. The molecule has 0 aromatic rings. The van der Waals surface area contributed by atoms with Crippen LogP contribution < -0.4 is 10.6 Å². The summed E-state index contributed by atoms with van der Waals surface area (Å²) >= 11 is 0. The number of imide groups is 2. The van der Waals surface area contributed by atoms with Gasteiger partial charge in [-0.25, -0.2) is 4.79 Å². The van der Waals surface area contributed by atoms with Crippen molar-refractivity contribution < 1.29 is 14.4 Å². The van der Waals surface area contributed by atoms with Crippen LogP contribution in [0.25, 0.3) is 0 Å². The molecule has 0 atom stereocenters. The number of rotatable bonds is 1. The Balaban J connectivity index is 0.000000261. The zero-order valence-corrected chi connectivity index (χ0v) is 7.14. The van der Waals surface area contributed by atoms with Gasteiger partial charge in [0.15, 0.2) is 0 Å². The summed E-state index contributed by atoms with van der Waals surface area (Å²) in [6, 6.07) is -0.750. The minimum atomic E-state index is -0.894. The van der Waals surface area contributed by atoms with Crippen LogP contribution in [0.15, 0.2) is 0 Å². The van der Waals surface area contributed by atoms with E-state index in [2.05, 4.69) is 13.8 Å². The normalized spacial score (nSPS) is 14.7. The highest BCUT2D eigenvalue weighted by molar-refractivity contribution is 6.44. The number of unbranched alkanes of at least 4 members (excludes halogenated alkanes) is 1. The molecule has 5 heteroatoms. The van der Waals surface area contributed by atoms with Gasteiger partial charge in [0.2, 0.25) is 0 Å². The van der Waals surface area contributed by atoms with Crippen LogP contribution in [0.3, 0.4) is 0 Å². The third-order valence-electron chi connectivity index (χ3n) is 1.16. The van der Waals surface area contributed by atoms with Gasteiger partial charge in [-0.2, -0.15) is 0 Å². The first-order chi connectivity index (χ1) is 5.61. The van der Waals surface area contributed by atoms with Crippen molar-refractivity contribution in [2.75, 3.05) is 0 Å². The maximum atomic E-state index is 10.0. The summed E-state index contributed by atoms with van der Waals surface area (Å²) in [6.07, 6.45) is 2.64. The van der Waals surface area contributed by atoms with Gasteiger partial charge in [0.1, 0.15) is 0 Å². The summed E-state index contributed by atoms with van der Waals surface area (Å²) in [5.74, 6) is -1.79. The van der Waals surface area contributed by atoms with Gasteiger partial charge in [-0.3, -0.25) is 20.2 Å². The molecular formula is C7H12N2O3. The summed E-state index contributed by atoms with van der Waals surface area (Å²) in [7, 11) is 0. The van der Waals surface area contributed by atoms with Gasteiger partial charge in [-0.15, -0.1) is 0 Å². The van der Waals surface area contributed by atoms with Crippen molar-refractivity contribution in [3.05, 3.63) is 0 Å². The van der Waals surface area contributed by atoms with Crippen LogP contribution in [0.4, 0.5) is 4.79 Å². The van der Waals surface area contributed by atoms with E-state index in [-0.39, 0.29) is 0 Å². The fourth-order valence-corrected chi connectivity index (χ4v) is 0.351. The third kappa shape index (κ3) is 3.70. The lowest BCUT2D eigenvalue weighted by molar-refractivity contribution is -0.135. The van der Waals surface area contributed by atoms with Gasteiger partial charge in [-0.1, -0.05) is 26.7 Å². The highest BCUT2D eigenvalue weighted by atomic mass is 16.2. The molecule has 0 radical (unpaired) electrons. The van der Waals surface area contributed by atoms with E-state index in [4.69, 9.17) is 0 Å². The standard InChI is InChI=1S/C4H10.C3H2N2O3/c1-3-4-2;6-1-2(7)5-3(8)4-1/h3-4H2,1-2H3;(H2,4,5,6,7,8). The Kier molecular flexibility index (Phi) is 4.67. The molecular weight excluding hydrogens is 160 g/mol. The number of carbonyl (C=O) groups is 3. The molecule has 1 heterocycles. The van der Waals surface area contributed by atoms with Crippen molar-refractivity contribution in [1.29, 1.82) is 0 Å².